The molecule has 0 fully saturated rings. The zero-order chi connectivity index (χ0) is 17.9. The topological polar surface area (TPSA) is 96.2 Å². The van der Waals surface area contributed by atoms with Crippen molar-refractivity contribution in [2.75, 3.05) is 26.2 Å². The molecule has 1 amide bonds. The molecular formula is C16H25N7OS. The number of rotatable bonds is 9. The number of guanidine groups is 1. The molecule has 25 heavy (non-hydrogen) atoms. The van der Waals surface area contributed by atoms with Gasteiger partial charge in [0.05, 0.1) is 11.2 Å². The summed E-state index contributed by atoms with van der Waals surface area (Å²) in [5.74, 6) is 0.675. The second-order valence-electron chi connectivity index (χ2n) is 5.33. The molecule has 0 radical (unpaired) electrons. The van der Waals surface area contributed by atoms with Crippen LogP contribution in [0.25, 0.3) is 0 Å². The van der Waals surface area contributed by atoms with Crippen LogP contribution in [0.15, 0.2) is 29.0 Å². The van der Waals surface area contributed by atoms with E-state index >= 15 is 0 Å². The lowest BCUT2D eigenvalue weighted by Gasteiger charge is -2.11. The van der Waals surface area contributed by atoms with Crippen molar-refractivity contribution in [2.24, 2.45) is 4.99 Å². The molecule has 0 aliphatic heterocycles. The van der Waals surface area contributed by atoms with Gasteiger partial charge in [-0.25, -0.2) is 4.98 Å². The monoisotopic (exact) mass is 363 g/mol. The minimum absolute atomic E-state index is 0.0806. The molecule has 2 aromatic rings. The smallest absolute Gasteiger partial charge is 0.263 e. The molecule has 9 heteroatoms. The van der Waals surface area contributed by atoms with Gasteiger partial charge in [-0.05, 0) is 26.3 Å². The summed E-state index contributed by atoms with van der Waals surface area (Å²) in [6.45, 7) is 7.33. The van der Waals surface area contributed by atoms with Gasteiger partial charge < -0.3 is 16.0 Å². The number of carbonyl (C=O) groups is 1. The van der Waals surface area contributed by atoms with Crippen molar-refractivity contribution in [2.45, 2.75) is 26.8 Å². The number of thiazole rings is 1. The molecule has 3 N–H and O–H groups in total. The van der Waals surface area contributed by atoms with E-state index in [1.807, 2.05) is 30.8 Å². The molecule has 0 saturated carbocycles. The molecule has 0 aliphatic rings. The quantitative estimate of drug-likeness (QED) is 0.351. The fraction of sp³-hybridized carbons (Fsp3) is 0.500. The first-order valence-corrected chi connectivity index (χ1v) is 9.26. The summed E-state index contributed by atoms with van der Waals surface area (Å²) in [7, 11) is 0. The Morgan fingerprint density at radius 1 is 1.32 bits per heavy atom. The summed E-state index contributed by atoms with van der Waals surface area (Å²) in [6, 6.07) is 1.91. The van der Waals surface area contributed by atoms with E-state index in [-0.39, 0.29) is 5.91 Å². The van der Waals surface area contributed by atoms with Crippen LogP contribution in [-0.2, 0) is 6.54 Å². The van der Waals surface area contributed by atoms with Gasteiger partial charge in [-0.3, -0.25) is 14.5 Å². The van der Waals surface area contributed by atoms with E-state index < -0.39 is 0 Å². The maximum absolute atomic E-state index is 12.0. The molecule has 2 aromatic heterocycles. The van der Waals surface area contributed by atoms with Crippen molar-refractivity contribution < 1.29 is 4.79 Å². The Hall–Kier alpha value is -2.42. The zero-order valence-corrected chi connectivity index (χ0v) is 15.5. The van der Waals surface area contributed by atoms with Gasteiger partial charge in [-0.15, -0.1) is 11.3 Å². The Morgan fingerprint density at radius 2 is 2.16 bits per heavy atom. The minimum Gasteiger partial charge on any atom is -0.357 e. The predicted molar refractivity (Wildman–Crippen MR) is 100 cm³/mol. The van der Waals surface area contributed by atoms with Crippen LogP contribution >= 0.6 is 11.3 Å². The molecule has 2 rings (SSSR count). The standard InChI is InChI=1S/C16H25N7OS/c1-3-17-16(19-6-4-10-23-11-5-7-22-23)20-9-8-18-15(24)14-13(2)21-12-25-14/h5,7,11-12H,3-4,6,8-10H2,1-2H3,(H,18,24)(H2,17,19,20). The Bertz CT molecular complexity index is 666. The van der Waals surface area contributed by atoms with E-state index in [0.717, 1.165) is 31.2 Å². The summed E-state index contributed by atoms with van der Waals surface area (Å²) in [5, 5.41) is 13.5. The highest BCUT2D eigenvalue weighted by Gasteiger charge is 2.10. The van der Waals surface area contributed by atoms with Gasteiger partial charge in [0.15, 0.2) is 5.96 Å². The Morgan fingerprint density at radius 3 is 2.84 bits per heavy atom. The summed E-state index contributed by atoms with van der Waals surface area (Å²) in [4.78, 5) is 21.3. The first kappa shape index (κ1) is 18.9. The van der Waals surface area contributed by atoms with Crippen molar-refractivity contribution in [3.8, 4) is 0 Å². The Kier molecular flexibility index (Phi) is 7.90. The molecule has 8 nitrogen and oxygen atoms in total. The number of aryl methyl sites for hydroxylation is 2. The summed E-state index contributed by atoms with van der Waals surface area (Å²) < 4.78 is 1.90. The number of aromatic nitrogens is 3. The third kappa shape index (κ3) is 6.54. The molecule has 0 atom stereocenters. The minimum atomic E-state index is -0.0806. The van der Waals surface area contributed by atoms with Gasteiger partial charge >= 0.3 is 0 Å². The first-order chi connectivity index (χ1) is 12.2. The number of carbonyl (C=O) groups excluding carboxylic acids is 1. The Balaban J connectivity index is 1.67. The fourth-order valence-corrected chi connectivity index (χ4v) is 2.87. The van der Waals surface area contributed by atoms with Crippen molar-refractivity contribution >= 4 is 23.2 Å². The van der Waals surface area contributed by atoms with Gasteiger partial charge in [-0.1, -0.05) is 0 Å². The molecule has 0 bridgehead atoms. The largest absolute Gasteiger partial charge is 0.357 e. The fourth-order valence-electron chi connectivity index (χ4n) is 2.16. The van der Waals surface area contributed by atoms with E-state index in [4.69, 9.17) is 0 Å². The number of aliphatic imine (C=N–C) groups is 1. The first-order valence-electron chi connectivity index (χ1n) is 8.38. The lowest BCUT2D eigenvalue weighted by atomic mass is 10.4. The average Bonchev–Trinajstić information content (AvgIpc) is 3.26. The van der Waals surface area contributed by atoms with Gasteiger partial charge in [0.2, 0.25) is 0 Å². The number of nitrogens with one attached hydrogen (secondary N) is 3. The predicted octanol–water partition coefficient (Wildman–Crippen LogP) is 1.02. The van der Waals surface area contributed by atoms with Crippen LogP contribution in [0.2, 0.25) is 0 Å². The maximum atomic E-state index is 12.0. The van der Waals surface area contributed by atoms with Crippen molar-refractivity contribution in [3.05, 3.63) is 34.5 Å². The second kappa shape index (κ2) is 10.4. The second-order valence-corrected chi connectivity index (χ2v) is 6.19. The number of hydrogen-bond donors (Lipinski definition) is 3. The van der Waals surface area contributed by atoms with Crippen molar-refractivity contribution in [1.29, 1.82) is 0 Å². The highest BCUT2D eigenvalue weighted by atomic mass is 32.1. The van der Waals surface area contributed by atoms with Crippen LogP contribution < -0.4 is 16.0 Å². The van der Waals surface area contributed by atoms with E-state index in [1.165, 1.54) is 11.3 Å². The van der Waals surface area contributed by atoms with Crippen LogP contribution in [-0.4, -0.2) is 52.8 Å². The number of hydrogen-bond acceptors (Lipinski definition) is 5. The van der Waals surface area contributed by atoms with Crippen LogP contribution in [0.1, 0.15) is 28.7 Å². The van der Waals surface area contributed by atoms with Crippen LogP contribution in [0.4, 0.5) is 0 Å². The Labute approximate surface area is 151 Å². The van der Waals surface area contributed by atoms with Crippen LogP contribution in [0.5, 0.6) is 0 Å². The van der Waals surface area contributed by atoms with Crippen molar-refractivity contribution in [3.63, 3.8) is 0 Å². The highest BCUT2D eigenvalue weighted by molar-refractivity contribution is 7.11. The van der Waals surface area contributed by atoms with Crippen LogP contribution in [0.3, 0.4) is 0 Å². The summed E-state index contributed by atoms with van der Waals surface area (Å²) >= 11 is 1.36. The molecule has 0 spiro atoms. The van der Waals surface area contributed by atoms with Gasteiger partial charge in [-0.2, -0.15) is 5.10 Å². The normalized spacial score (nSPS) is 11.4. The molecule has 2 heterocycles. The molecule has 0 unspecified atom stereocenters. The maximum Gasteiger partial charge on any atom is 0.263 e. The SMILES string of the molecule is CCNC(=NCCCn1cccn1)NCCNC(=O)c1scnc1C. The van der Waals surface area contributed by atoms with E-state index in [2.05, 4.69) is 31.0 Å². The zero-order valence-electron chi connectivity index (χ0n) is 14.7. The number of amides is 1. The third-order valence-corrected chi connectivity index (χ3v) is 4.30. The lowest BCUT2D eigenvalue weighted by molar-refractivity contribution is 0.0957. The van der Waals surface area contributed by atoms with Gasteiger partial charge in [0.25, 0.3) is 5.91 Å². The van der Waals surface area contributed by atoms with E-state index in [0.29, 0.717) is 24.5 Å². The molecule has 0 aliphatic carbocycles. The molecule has 136 valence electrons. The lowest BCUT2D eigenvalue weighted by Crippen LogP contribution is -2.41. The molecule has 0 saturated heterocycles. The van der Waals surface area contributed by atoms with Crippen LogP contribution in [0, 0.1) is 6.92 Å². The highest BCUT2D eigenvalue weighted by Crippen LogP contribution is 2.10. The number of nitrogens with zero attached hydrogens (tertiary/aromatic N) is 4. The van der Waals surface area contributed by atoms with E-state index in [1.54, 1.807) is 11.7 Å². The molecule has 0 aromatic carbocycles. The van der Waals surface area contributed by atoms with Crippen molar-refractivity contribution in [1.82, 2.24) is 30.7 Å². The van der Waals surface area contributed by atoms with Gasteiger partial charge in [0.1, 0.15) is 4.88 Å². The average molecular weight is 363 g/mol. The van der Waals surface area contributed by atoms with E-state index in [9.17, 15) is 4.79 Å². The molecular weight excluding hydrogens is 338 g/mol. The van der Waals surface area contributed by atoms with Gasteiger partial charge in [0, 0.05) is 45.1 Å². The summed E-state index contributed by atoms with van der Waals surface area (Å²) in [5.41, 5.74) is 2.45. The summed E-state index contributed by atoms with van der Waals surface area (Å²) in [6.07, 6.45) is 4.64. The third-order valence-electron chi connectivity index (χ3n) is 3.37.